The molecule has 0 saturated carbocycles. The summed E-state index contributed by atoms with van der Waals surface area (Å²) in [6.07, 6.45) is 1.56. The Bertz CT molecular complexity index is 1320. The van der Waals surface area contributed by atoms with Crippen LogP contribution in [0.15, 0.2) is 65.6 Å². The number of nitrogens with one attached hydrogen (secondary N) is 2. The predicted molar refractivity (Wildman–Crippen MR) is 123 cm³/mol. The number of aryl methyl sites for hydroxylation is 1. The van der Waals surface area contributed by atoms with Crippen LogP contribution in [-0.4, -0.2) is 30.1 Å². The number of rotatable bonds is 6. The van der Waals surface area contributed by atoms with E-state index < -0.39 is 11.5 Å². The van der Waals surface area contributed by atoms with Gasteiger partial charge < -0.3 is 19.8 Å². The van der Waals surface area contributed by atoms with Crippen molar-refractivity contribution in [3.63, 3.8) is 0 Å². The van der Waals surface area contributed by atoms with E-state index in [4.69, 9.17) is 9.47 Å². The van der Waals surface area contributed by atoms with Gasteiger partial charge in [-0.2, -0.15) is 0 Å². The molecule has 2 aromatic heterocycles. The molecule has 32 heavy (non-hydrogen) atoms. The van der Waals surface area contributed by atoms with Gasteiger partial charge >= 0.3 is 0 Å². The first-order valence-corrected chi connectivity index (χ1v) is 10.1. The number of carbonyl (C=O) groups excluding carboxylic acids is 1. The second-order valence-corrected chi connectivity index (χ2v) is 7.37. The number of methoxy groups -OCH3 is 2. The molecule has 0 atom stereocenters. The average Bonchev–Trinajstić information content (AvgIpc) is 2.83. The molecule has 1 amide bonds. The molecule has 0 bridgehead atoms. The van der Waals surface area contributed by atoms with Crippen molar-refractivity contribution in [1.82, 2.24) is 15.3 Å². The number of fused-ring (bicyclic) bond motifs is 1. The van der Waals surface area contributed by atoms with E-state index in [0.717, 1.165) is 16.7 Å². The molecule has 0 radical (unpaired) electrons. The standard InChI is InChI=1S/C25H23N3O4/c1-15-6-8-17(9-7-15)21-20-5-4-10-26-22(20)25(30)28-23(21)24(29)27-14-16-11-18(31-2)13-19(12-16)32-3/h4-13H,14H2,1-3H3,(H,27,29)(H,28,30). The van der Waals surface area contributed by atoms with Crippen LogP contribution in [0.4, 0.5) is 0 Å². The number of nitrogens with zero attached hydrogens (tertiary/aromatic N) is 1. The minimum Gasteiger partial charge on any atom is -0.497 e. The zero-order valence-electron chi connectivity index (χ0n) is 18.1. The molecule has 162 valence electrons. The fourth-order valence-electron chi connectivity index (χ4n) is 3.59. The van der Waals surface area contributed by atoms with Gasteiger partial charge in [0, 0.05) is 29.8 Å². The molecule has 4 aromatic rings. The molecule has 7 nitrogen and oxygen atoms in total. The Hall–Kier alpha value is -4.13. The fourth-order valence-corrected chi connectivity index (χ4v) is 3.59. The summed E-state index contributed by atoms with van der Waals surface area (Å²) in [7, 11) is 3.14. The number of carbonyl (C=O) groups is 1. The highest BCUT2D eigenvalue weighted by atomic mass is 16.5. The topological polar surface area (TPSA) is 93.3 Å². The molecule has 7 heteroatoms. The van der Waals surface area contributed by atoms with Crippen molar-refractivity contribution in [2.24, 2.45) is 0 Å². The lowest BCUT2D eigenvalue weighted by Gasteiger charge is -2.14. The number of benzene rings is 2. The number of H-pyrrole nitrogens is 1. The number of hydrogen-bond donors (Lipinski definition) is 2. The molecule has 2 N–H and O–H groups in total. The quantitative estimate of drug-likeness (QED) is 0.486. The van der Waals surface area contributed by atoms with E-state index >= 15 is 0 Å². The minimum atomic E-state index is -0.412. The summed E-state index contributed by atoms with van der Waals surface area (Å²) in [6, 6.07) is 16.7. The number of ether oxygens (including phenoxy) is 2. The van der Waals surface area contributed by atoms with Gasteiger partial charge in [-0.05, 0) is 36.2 Å². The zero-order valence-corrected chi connectivity index (χ0v) is 18.1. The summed E-state index contributed by atoms with van der Waals surface area (Å²) in [6.45, 7) is 2.22. The Morgan fingerprint density at radius 3 is 2.38 bits per heavy atom. The molecule has 0 aliphatic rings. The largest absolute Gasteiger partial charge is 0.497 e. The number of amides is 1. The number of pyridine rings is 2. The van der Waals surface area contributed by atoms with Crippen molar-refractivity contribution in [1.29, 1.82) is 0 Å². The highest BCUT2D eigenvalue weighted by Crippen LogP contribution is 2.29. The summed E-state index contributed by atoms with van der Waals surface area (Å²) in [4.78, 5) is 32.8. The van der Waals surface area contributed by atoms with Gasteiger partial charge in [-0.1, -0.05) is 35.9 Å². The Balaban J connectivity index is 1.75. The van der Waals surface area contributed by atoms with E-state index in [0.29, 0.717) is 22.4 Å². The average molecular weight is 429 g/mol. The zero-order chi connectivity index (χ0) is 22.7. The number of hydrogen-bond acceptors (Lipinski definition) is 5. The number of aromatic nitrogens is 2. The summed E-state index contributed by atoms with van der Waals surface area (Å²) in [5.74, 6) is 0.850. The third-order valence-corrected chi connectivity index (χ3v) is 5.21. The highest BCUT2D eigenvalue weighted by molar-refractivity contribution is 6.07. The molecule has 0 unspecified atom stereocenters. The monoisotopic (exact) mass is 429 g/mol. The second-order valence-electron chi connectivity index (χ2n) is 7.37. The van der Waals surface area contributed by atoms with E-state index in [2.05, 4.69) is 15.3 Å². The van der Waals surface area contributed by atoms with Crippen LogP contribution in [0, 0.1) is 6.92 Å². The predicted octanol–water partition coefficient (Wildman–Crippen LogP) is 3.85. The Labute approximate surface area is 185 Å². The maximum atomic E-state index is 13.2. The lowest BCUT2D eigenvalue weighted by atomic mass is 9.98. The highest BCUT2D eigenvalue weighted by Gasteiger charge is 2.19. The van der Waals surface area contributed by atoms with Gasteiger partial charge in [0.15, 0.2) is 0 Å². The lowest BCUT2D eigenvalue weighted by molar-refractivity contribution is 0.0946. The molecular weight excluding hydrogens is 406 g/mol. The molecule has 4 rings (SSSR count). The summed E-state index contributed by atoms with van der Waals surface area (Å²) in [5, 5.41) is 3.51. The van der Waals surface area contributed by atoms with Crippen LogP contribution >= 0.6 is 0 Å². The van der Waals surface area contributed by atoms with Crippen molar-refractivity contribution >= 4 is 16.8 Å². The van der Waals surface area contributed by atoms with Crippen LogP contribution in [-0.2, 0) is 6.54 Å². The Morgan fingerprint density at radius 2 is 1.72 bits per heavy atom. The normalized spacial score (nSPS) is 10.7. The first kappa shape index (κ1) is 21.1. The van der Waals surface area contributed by atoms with Gasteiger partial charge in [-0.15, -0.1) is 0 Å². The van der Waals surface area contributed by atoms with Crippen LogP contribution in [0.2, 0.25) is 0 Å². The molecule has 0 fully saturated rings. The minimum absolute atomic E-state index is 0.189. The van der Waals surface area contributed by atoms with E-state index in [1.807, 2.05) is 43.3 Å². The van der Waals surface area contributed by atoms with Gasteiger partial charge in [0.1, 0.15) is 22.7 Å². The maximum Gasteiger partial charge on any atom is 0.275 e. The third kappa shape index (κ3) is 4.18. The van der Waals surface area contributed by atoms with Gasteiger partial charge in [-0.3, -0.25) is 14.6 Å². The molecule has 0 aliphatic carbocycles. The lowest BCUT2D eigenvalue weighted by Crippen LogP contribution is -2.27. The van der Waals surface area contributed by atoms with E-state index in [-0.39, 0.29) is 17.8 Å². The van der Waals surface area contributed by atoms with Crippen LogP contribution in [0.25, 0.3) is 22.0 Å². The Morgan fingerprint density at radius 1 is 1.03 bits per heavy atom. The van der Waals surface area contributed by atoms with Crippen LogP contribution in [0.5, 0.6) is 11.5 Å². The second kappa shape index (κ2) is 8.93. The smallest absolute Gasteiger partial charge is 0.275 e. The van der Waals surface area contributed by atoms with Crippen molar-refractivity contribution in [3.8, 4) is 22.6 Å². The van der Waals surface area contributed by atoms with Crippen molar-refractivity contribution in [2.75, 3.05) is 14.2 Å². The number of aromatic amines is 1. The molecule has 2 aromatic carbocycles. The van der Waals surface area contributed by atoms with Crippen LogP contribution < -0.4 is 20.3 Å². The third-order valence-electron chi connectivity index (χ3n) is 5.21. The molecule has 0 aliphatic heterocycles. The summed E-state index contributed by atoms with van der Waals surface area (Å²) >= 11 is 0. The van der Waals surface area contributed by atoms with Gasteiger partial charge in [0.05, 0.1) is 14.2 Å². The Kier molecular flexibility index (Phi) is 5.89. The summed E-state index contributed by atoms with van der Waals surface area (Å²) < 4.78 is 10.6. The van der Waals surface area contributed by atoms with Crippen molar-refractivity contribution < 1.29 is 14.3 Å². The van der Waals surface area contributed by atoms with Gasteiger partial charge in [0.2, 0.25) is 0 Å². The van der Waals surface area contributed by atoms with E-state index in [1.165, 1.54) is 0 Å². The van der Waals surface area contributed by atoms with Gasteiger partial charge in [0.25, 0.3) is 11.5 Å². The van der Waals surface area contributed by atoms with Crippen molar-refractivity contribution in [2.45, 2.75) is 13.5 Å². The van der Waals surface area contributed by atoms with Crippen LogP contribution in [0.3, 0.4) is 0 Å². The maximum absolute atomic E-state index is 13.2. The first-order valence-electron chi connectivity index (χ1n) is 10.1. The molecule has 0 saturated heterocycles. The first-order chi connectivity index (χ1) is 15.5. The SMILES string of the molecule is COc1cc(CNC(=O)c2[nH]c(=O)c3ncccc3c2-c2ccc(C)cc2)cc(OC)c1. The van der Waals surface area contributed by atoms with Crippen LogP contribution in [0.1, 0.15) is 21.6 Å². The van der Waals surface area contributed by atoms with E-state index in [9.17, 15) is 9.59 Å². The van der Waals surface area contributed by atoms with E-state index in [1.54, 1.807) is 38.6 Å². The van der Waals surface area contributed by atoms with Gasteiger partial charge in [-0.25, -0.2) is 0 Å². The van der Waals surface area contributed by atoms with Crippen molar-refractivity contribution in [3.05, 3.63) is 88.0 Å². The summed E-state index contributed by atoms with van der Waals surface area (Å²) in [5.41, 5.74) is 3.41. The fraction of sp³-hybridized carbons (Fsp3) is 0.160. The molecule has 0 spiro atoms. The molecule has 2 heterocycles. The molecular formula is C25H23N3O4.